The minimum Gasteiger partial charge on any atom is -0.488 e. The van der Waals surface area contributed by atoms with Gasteiger partial charge in [-0.05, 0) is 30.7 Å². The average Bonchev–Trinajstić information content (AvgIpc) is 2.56. The summed E-state index contributed by atoms with van der Waals surface area (Å²) in [4.78, 5) is 21.8. The minimum absolute atomic E-state index is 0.0255. The molecule has 0 saturated heterocycles. The summed E-state index contributed by atoms with van der Waals surface area (Å²) < 4.78 is 5.69. The van der Waals surface area contributed by atoms with Gasteiger partial charge in [-0.3, -0.25) is 4.79 Å². The zero-order valence-electron chi connectivity index (χ0n) is 13.3. The third kappa shape index (κ3) is 5.12. The van der Waals surface area contributed by atoms with Gasteiger partial charge in [-0.25, -0.2) is 4.79 Å². The lowest BCUT2D eigenvalue weighted by Gasteiger charge is -2.10. The molecule has 0 spiro atoms. The fraction of sp³-hybridized carbons (Fsp3) is 0.263. The van der Waals surface area contributed by atoms with Crippen molar-refractivity contribution in [2.24, 2.45) is 0 Å². The molecule has 5 nitrogen and oxygen atoms in total. The monoisotopic (exact) mass is 328 g/mol. The van der Waals surface area contributed by atoms with Gasteiger partial charge in [-0.1, -0.05) is 42.5 Å². The first-order valence-corrected chi connectivity index (χ1v) is 7.82. The molecule has 0 fully saturated rings. The number of unbranched alkanes of at least 4 members (excludes halogenated alkanes) is 2. The predicted octanol–water partition coefficient (Wildman–Crippen LogP) is 3.87. The van der Waals surface area contributed by atoms with E-state index in [1.165, 1.54) is 0 Å². The lowest BCUT2D eigenvalue weighted by molar-refractivity contribution is -0.137. The summed E-state index contributed by atoms with van der Waals surface area (Å²) in [6, 6.07) is 13.4. The first kappa shape index (κ1) is 17.5. The standard InChI is InChI=1S/C19H20O5/c20-18(21)12-3-1-2-8-15(19(22)23)13-24-17-11-6-9-14-7-4-5-10-16(14)17/h4-11H,1-3,12-13H2,(H,20,21)(H,22,23)/b15-8+. The van der Waals surface area contributed by atoms with Crippen molar-refractivity contribution in [3.8, 4) is 5.75 Å². The molecule has 2 aromatic carbocycles. The van der Waals surface area contributed by atoms with Crippen LogP contribution in [0.4, 0.5) is 0 Å². The van der Waals surface area contributed by atoms with Gasteiger partial charge in [0.1, 0.15) is 12.4 Å². The van der Waals surface area contributed by atoms with Crippen molar-refractivity contribution >= 4 is 22.7 Å². The molecule has 2 aromatic rings. The van der Waals surface area contributed by atoms with Gasteiger partial charge in [-0.2, -0.15) is 0 Å². The summed E-state index contributed by atoms with van der Waals surface area (Å²) in [6.45, 7) is -0.0255. The summed E-state index contributed by atoms with van der Waals surface area (Å²) >= 11 is 0. The van der Waals surface area contributed by atoms with Crippen LogP contribution < -0.4 is 4.74 Å². The van der Waals surface area contributed by atoms with E-state index in [2.05, 4.69) is 0 Å². The van der Waals surface area contributed by atoms with Gasteiger partial charge < -0.3 is 14.9 Å². The number of ether oxygens (including phenoxy) is 1. The first-order valence-electron chi connectivity index (χ1n) is 7.82. The summed E-state index contributed by atoms with van der Waals surface area (Å²) in [7, 11) is 0. The molecule has 0 atom stereocenters. The van der Waals surface area contributed by atoms with Gasteiger partial charge in [0.2, 0.25) is 0 Å². The van der Waals surface area contributed by atoms with Gasteiger partial charge in [-0.15, -0.1) is 0 Å². The molecule has 0 aromatic heterocycles. The number of benzene rings is 2. The third-order valence-corrected chi connectivity index (χ3v) is 3.64. The van der Waals surface area contributed by atoms with Gasteiger partial charge in [0.25, 0.3) is 0 Å². The van der Waals surface area contributed by atoms with Gasteiger partial charge in [0.15, 0.2) is 0 Å². The molecule has 0 saturated carbocycles. The van der Waals surface area contributed by atoms with Gasteiger partial charge in [0.05, 0.1) is 5.57 Å². The smallest absolute Gasteiger partial charge is 0.334 e. The number of hydrogen-bond donors (Lipinski definition) is 2. The molecule has 2 N–H and O–H groups in total. The van der Waals surface area contributed by atoms with Gasteiger partial charge in [0, 0.05) is 11.8 Å². The molecule has 0 aliphatic heterocycles. The Morgan fingerprint density at radius 2 is 1.75 bits per heavy atom. The summed E-state index contributed by atoms with van der Waals surface area (Å²) in [5, 5.41) is 19.8. The molecule has 0 bridgehead atoms. The second-order valence-corrected chi connectivity index (χ2v) is 5.44. The maximum absolute atomic E-state index is 11.3. The SMILES string of the molecule is O=C(O)CCCC/C=C(\COc1cccc2ccccc12)C(=O)O. The van der Waals surface area contributed by atoms with Crippen LogP contribution in [-0.4, -0.2) is 28.8 Å². The Labute approximate surface area is 140 Å². The zero-order chi connectivity index (χ0) is 17.4. The largest absolute Gasteiger partial charge is 0.488 e. The van der Waals surface area contributed by atoms with Crippen LogP contribution in [0.2, 0.25) is 0 Å². The third-order valence-electron chi connectivity index (χ3n) is 3.64. The highest BCUT2D eigenvalue weighted by Crippen LogP contribution is 2.25. The number of carbonyl (C=O) groups is 2. The van der Waals surface area contributed by atoms with Crippen molar-refractivity contribution in [3.05, 3.63) is 54.1 Å². The number of carboxylic acid groups (broad SMARTS) is 2. The number of carboxylic acids is 2. The van der Waals surface area contributed by atoms with Crippen LogP contribution in [0.3, 0.4) is 0 Å². The Bertz CT molecular complexity index is 743. The van der Waals surface area contributed by atoms with E-state index in [1.807, 2.05) is 42.5 Å². The molecule has 0 amide bonds. The molecule has 5 heteroatoms. The van der Waals surface area contributed by atoms with Crippen molar-refractivity contribution in [2.45, 2.75) is 25.7 Å². The quantitative estimate of drug-likeness (QED) is 0.539. The van der Waals surface area contributed by atoms with E-state index in [0.717, 1.165) is 10.8 Å². The molecular formula is C19H20O5. The van der Waals surface area contributed by atoms with E-state index < -0.39 is 11.9 Å². The van der Waals surface area contributed by atoms with Crippen molar-refractivity contribution in [1.82, 2.24) is 0 Å². The van der Waals surface area contributed by atoms with E-state index in [-0.39, 0.29) is 18.6 Å². The molecule has 0 aliphatic rings. The van der Waals surface area contributed by atoms with Crippen LogP contribution >= 0.6 is 0 Å². The maximum Gasteiger partial charge on any atom is 0.334 e. The Kier molecular flexibility index (Phi) is 6.37. The number of allylic oxidation sites excluding steroid dienone is 1. The molecule has 2 rings (SSSR count). The molecule has 0 aliphatic carbocycles. The van der Waals surface area contributed by atoms with E-state index in [4.69, 9.17) is 9.84 Å². The zero-order valence-corrected chi connectivity index (χ0v) is 13.3. The van der Waals surface area contributed by atoms with E-state index in [1.54, 1.807) is 6.08 Å². The van der Waals surface area contributed by atoms with Crippen LogP contribution in [0, 0.1) is 0 Å². The lowest BCUT2D eigenvalue weighted by Crippen LogP contribution is -2.10. The van der Waals surface area contributed by atoms with E-state index in [0.29, 0.717) is 25.0 Å². The van der Waals surface area contributed by atoms with Crippen LogP contribution in [-0.2, 0) is 9.59 Å². The Morgan fingerprint density at radius 3 is 2.50 bits per heavy atom. The fourth-order valence-corrected chi connectivity index (χ4v) is 2.38. The highest BCUT2D eigenvalue weighted by atomic mass is 16.5. The second-order valence-electron chi connectivity index (χ2n) is 5.44. The molecule has 0 unspecified atom stereocenters. The Morgan fingerprint density at radius 1 is 1.00 bits per heavy atom. The number of fused-ring (bicyclic) bond motifs is 1. The summed E-state index contributed by atoms with van der Waals surface area (Å²) in [6.07, 6.45) is 3.39. The number of rotatable bonds is 9. The lowest BCUT2D eigenvalue weighted by atomic mass is 10.1. The first-order chi connectivity index (χ1) is 11.6. The number of aliphatic carboxylic acids is 2. The van der Waals surface area contributed by atoms with Crippen LogP contribution in [0.15, 0.2) is 54.1 Å². The van der Waals surface area contributed by atoms with Crippen molar-refractivity contribution in [1.29, 1.82) is 0 Å². The molecule has 0 radical (unpaired) electrons. The van der Waals surface area contributed by atoms with Gasteiger partial charge >= 0.3 is 11.9 Å². The molecule has 0 heterocycles. The molecule has 126 valence electrons. The number of hydrogen-bond acceptors (Lipinski definition) is 3. The minimum atomic E-state index is -1.02. The van der Waals surface area contributed by atoms with Crippen LogP contribution in [0.1, 0.15) is 25.7 Å². The second kappa shape index (κ2) is 8.72. The topological polar surface area (TPSA) is 83.8 Å². The fourth-order valence-electron chi connectivity index (χ4n) is 2.38. The van der Waals surface area contributed by atoms with Crippen molar-refractivity contribution in [3.63, 3.8) is 0 Å². The van der Waals surface area contributed by atoms with E-state index in [9.17, 15) is 14.7 Å². The normalized spacial score (nSPS) is 11.4. The van der Waals surface area contributed by atoms with Crippen LogP contribution in [0.5, 0.6) is 5.75 Å². The summed E-state index contributed by atoms with van der Waals surface area (Å²) in [5.74, 6) is -1.21. The van der Waals surface area contributed by atoms with Crippen LogP contribution in [0.25, 0.3) is 10.8 Å². The van der Waals surface area contributed by atoms with Crippen molar-refractivity contribution < 1.29 is 24.5 Å². The molecule has 24 heavy (non-hydrogen) atoms. The van der Waals surface area contributed by atoms with Crippen molar-refractivity contribution in [2.75, 3.05) is 6.61 Å². The maximum atomic E-state index is 11.3. The summed E-state index contributed by atoms with van der Waals surface area (Å²) in [5.41, 5.74) is 0.179. The highest BCUT2D eigenvalue weighted by Gasteiger charge is 2.09. The predicted molar refractivity (Wildman–Crippen MR) is 91.3 cm³/mol. The Balaban J connectivity index is 1.98. The highest BCUT2D eigenvalue weighted by molar-refractivity contribution is 5.89. The average molecular weight is 328 g/mol. The molecular weight excluding hydrogens is 308 g/mol. The van der Waals surface area contributed by atoms with E-state index >= 15 is 0 Å². The Hall–Kier alpha value is -2.82.